The molecule has 0 aliphatic carbocycles. The lowest BCUT2D eigenvalue weighted by molar-refractivity contribution is -0.0698. The molecule has 112 valence electrons. The predicted molar refractivity (Wildman–Crippen MR) is 56.0 cm³/mol. The molecule has 0 fully saturated rings. The van der Waals surface area contributed by atoms with Crippen LogP contribution in [0.15, 0.2) is 0 Å². The molecule has 0 saturated carbocycles. The smallest absolute Gasteiger partial charge is 0.394 e. The minimum atomic E-state index is -5.05. The summed E-state index contributed by atoms with van der Waals surface area (Å²) in [6.07, 6.45) is -3.51. The van der Waals surface area contributed by atoms with E-state index >= 15 is 0 Å². The number of aliphatic hydroxyl groups excluding tert-OH is 4. The van der Waals surface area contributed by atoms with Crippen molar-refractivity contribution in [2.75, 3.05) is 6.61 Å². The summed E-state index contributed by atoms with van der Waals surface area (Å²) in [5, 5.41) is 34.2. The van der Waals surface area contributed by atoms with Crippen molar-refractivity contribution in [1.29, 1.82) is 0 Å². The van der Waals surface area contributed by atoms with E-state index in [1.165, 1.54) is 6.92 Å². The molecule has 18 heavy (non-hydrogen) atoms. The molecule has 0 rings (SSSR count). The molecule has 13 heteroatoms. The fraction of sp³-hybridized carbons (Fsp3) is 1.00. The van der Waals surface area contributed by atoms with Gasteiger partial charge in [0.05, 0.1) is 12.7 Å². The van der Waals surface area contributed by atoms with Gasteiger partial charge in [0, 0.05) is 0 Å². The SMILES string of the molecule is CC(O)C(O)C(O)CO.O=P(O)(O)OP(=O)(O)O. The number of phosphoric acid groups is 2. The Balaban J connectivity index is 0. The summed E-state index contributed by atoms with van der Waals surface area (Å²) in [6, 6.07) is 0. The second-order valence-corrected chi connectivity index (χ2v) is 5.66. The van der Waals surface area contributed by atoms with Crippen molar-refractivity contribution in [1.82, 2.24) is 0 Å². The summed E-state index contributed by atoms with van der Waals surface area (Å²) in [6.45, 7) is 0.801. The maximum atomic E-state index is 9.63. The Bertz CT molecular complexity index is 285. The molecule has 0 amide bonds. The van der Waals surface area contributed by atoms with Crippen molar-refractivity contribution in [3.63, 3.8) is 0 Å². The van der Waals surface area contributed by atoms with Crippen LogP contribution in [0.2, 0.25) is 0 Å². The van der Waals surface area contributed by atoms with Gasteiger partial charge in [-0.05, 0) is 6.92 Å². The van der Waals surface area contributed by atoms with E-state index in [0.717, 1.165) is 0 Å². The van der Waals surface area contributed by atoms with Crippen molar-refractivity contribution < 1.29 is 53.4 Å². The van der Waals surface area contributed by atoms with Crippen LogP contribution in [0.5, 0.6) is 0 Å². The zero-order chi connectivity index (χ0) is 15.1. The second-order valence-electron chi connectivity index (χ2n) is 3.04. The van der Waals surface area contributed by atoms with Gasteiger partial charge < -0.3 is 40.0 Å². The number of hydrogen-bond donors (Lipinski definition) is 8. The van der Waals surface area contributed by atoms with Crippen LogP contribution in [0.3, 0.4) is 0 Å². The first-order valence-electron chi connectivity index (χ1n) is 4.27. The van der Waals surface area contributed by atoms with E-state index in [1.54, 1.807) is 0 Å². The monoisotopic (exact) mass is 314 g/mol. The Morgan fingerprint density at radius 2 is 1.33 bits per heavy atom. The van der Waals surface area contributed by atoms with Gasteiger partial charge in [-0.3, -0.25) is 0 Å². The fourth-order valence-electron chi connectivity index (χ4n) is 0.568. The third-order valence-corrected chi connectivity index (χ3v) is 2.99. The van der Waals surface area contributed by atoms with Crippen LogP contribution in [0.4, 0.5) is 0 Å². The molecule has 0 radical (unpaired) electrons. The molecule has 3 unspecified atom stereocenters. The predicted octanol–water partition coefficient (Wildman–Crippen LogP) is -2.73. The summed E-state index contributed by atoms with van der Waals surface area (Å²) < 4.78 is 22.2. The van der Waals surface area contributed by atoms with E-state index in [1.807, 2.05) is 0 Å². The molecule has 0 bridgehead atoms. The second kappa shape index (κ2) is 8.31. The van der Waals surface area contributed by atoms with Crippen LogP contribution in [0.25, 0.3) is 0 Å². The van der Waals surface area contributed by atoms with Crippen LogP contribution in [0.1, 0.15) is 6.92 Å². The van der Waals surface area contributed by atoms with E-state index in [4.69, 9.17) is 40.0 Å². The molecule has 11 nitrogen and oxygen atoms in total. The zero-order valence-electron chi connectivity index (χ0n) is 9.14. The zero-order valence-corrected chi connectivity index (χ0v) is 10.9. The van der Waals surface area contributed by atoms with Crippen LogP contribution in [-0.4, -0.2) is 64.9 Å². The molecular weight excluding hydrogens is 298 g/mol. The lowest BCUT2D eigenvalue weighted by Gasteiger charge is -2.17. The minimum Gasteiger partial charge on any atom is -0.394 e. The summed E-state index contributed by atoms with van der Waals surface area (Å²) in [7, 11) is -10.1. The van der Waals surface area contributed by atoms with Crippen molar-refractivity contribution in [3.8, 4) is 0 Å². The van der Waals surface area contributed by atoms with Gasteiger partial charge in [0.25, 0.3) is 0 Å². The molecule has 0 aliphatic rings. The van der Waals surface area contributed by atoms with Crippen molar-refractivity contribution in [3.05, 3.63) is 0 Å². The highest BCUT2D eigenvalue weighted by atomic mass is 31.3. The Morgan fingerprint density at radius 1 is 1.00 bits per heavy atom. The Morgan fingerprint density at radius 3 is 1.39 bits per heavy atom. The third-order valence-electron chi connectivity index (χ3n) is 1.29. The average molecular weight is 314 g/mol. The van der Waals surface area contributed by atoms with Gasteiger partial charge in [-0.15, -0.1) is 0 Å². The van der Waals surface area contributed by atoms with Crippen LogP contribution in [0, 0.1) is 0 Å². The third kappa shape index (κ3) is 14.2. The summed E-state index contributed by atoms with van der Waals surface area (Å²) in [4.78, 5) is 31.0. The van der Waals surface area contributed by atoms with Gasteiger partial charge in [0.1, 0.15) is 12.2 Å². The molecule has 0 saturated heterocycles. The van der Waals surface area contributed by atoms with E-state index in [0.29, 0.717) is 0 Å². The van der Waals surface area contributed by atoms with E-state index in [2.05, 4.69) is 4.31 Å². The minimum absolute atomic E-state index is 0.536. The van der Waals surface area contributed by atoms with Gasteiger partial charge >= 0.3 is 15.6 Å². The first kappa shape index (κ1) is 20.4. The maximum Gasteiger partial charge on any atom is 0.478 e. The highest BCUT2D eigenvalue weighted by Gasteiger charge is 2.27. The number of aliphatic hydroxyl groups is 4. The molecule has 0 heterocycles. The normalized spacial score (nSPS) is 17.4. The summed E-state index contributed by atoms with van der Waals surface area (Å²) in [5.41, 5.74) is 0. The molecule has 0 aromatic carbocycles. The standard InChI is InChI=1S/C5H12O4.H4O7P2/c1-3(7)5(9)4(8)2-6;1-8(2,3)7-9(4,5)6/h3-9H,2H2,1H3;(H2,1,2,3)(H2,4,5,6). The lowest BCUT2D eigenvalue weighted by atomic mass is 10.1. The van der Waals surface area contributed by atoms with Gasteiger partial charge in [-0.25, -0.2) is 9.13 Å². The molecular formula is C5H16O11P2. The molecule has 0 aromatic rings. The molecule has 8 N–H and O–H groups in total. The Labute approximate surface area is 102 Å². The summed E-state index contributed by atoms with van der Waals surface area (Å²) in [5.74, 6) is 0. The lowest BCUT2D eigenvalue weighted by Crippen LogP contribution is -2.37. The van der Waals surface area contributed by atoms with Crippen LogP contribution >= 0.6 is 15.6 Å². The molecule has 0 aliphatic heterocycles. The molecule has 0 spiro atoms. The first-order valence-corrected chi connectivity index (χ1v) is 7.33. The quantitative estimate of drug-likeness (QED) is 0.244. The first-order chi connectivity index (χ1) is 7.80. The van der Waals surface area contributed by atoms with Gasteiger partial charge in [0.2, 0.25) is 0 Å². The van der Waals surface area contributed by atoms with Crippen LogP contribution in [-0.2, 0) is 13.4 Å². The van der Waals surface area contributed by atoms with Crippen molar-refractivity contribution in [2.45, 2.75) is 25.2 Å². The van der Waals surface area contributed by atoms with Gasteiger partial charge in [-0.1, -0.05) is 0 Å². The Hall–Kier alpha value is 0.100. The summed E-state index contributed by atoms with van der Waals surface area (Å²) >= 11 is 0. The van der Waals surface area contributed by atoms with E-state index < -0.39 is 40.6 Å². The maximum absolute atomic E-state index is 9.63. The average Bonchev–Trinajstić information content (AvgIpc) is 2.10. The highest BCUT2D eigenvalue weighted by molar-refractivity contribution is 7.60. The number of hydrogen-bond acceptors (Lipinski definition) is 7. The topological polar surface area (TPSA) is 205 Å². The van der Waals surface area contributed by atoms with E-state index in [-0.39, 0.29) is 0 Å². The number of rotatable bonds is 5. The molecule has 0 aromatic heterocycles. The van der Waals surface area contributed by atoms with Gasteiger partial charge in [0.15, 0.2) is 0 Å². The van der Waals surface area contributed by atoms with Crippen LogP contribution < -0.4 is 0 Å². The molecule has 3 atom stereocenters. The highest BCUT2D eigenvalue weighted by Crippen LogP contribution is 2.53. The largest absolute Gasteiger partial charge is 0.478 e. The van der Waals surface area contributed by atoms with Crippen molar-refractivity contribution in [2.24, 2.45) is 0 Å². The Kier molecular flexibility index (Phi) is 9.42. The fourth-order valence-corrected chi connectivity index (χ4v) is 1.68. The van der Waals surface area contributed by atoms with Crippen molar-refractivity contribution >= 4 is 15.6 Å². The van der Waals surface area contributed by atoms with Gasteiger partial charge in [-0.2, -0.15) is 4.31 Å². The van der Waals surface area contributed by atoms with E-state index in [9.17, 15) is 9.13 Å².